The standard InChI is InChI=1S/C19H21N7O2/c1-11(20)10-19(18-23-25-26-24-18,14-6-2-12(3-7-14)16(21)27)15-8-4-13(5-9-15)17(22)28/h2-9,11H,10,20H2,1H3,(H2,21,27)(H2,22,28)(H,23,24,25,26)/t11-/m0/s1. The summed E-state index contributed by atoms with van der Waals surface area (Å²) >= 11 is 0. The molecule has 0 spiro atoms. The largest absolute Gasteiger partial charge is 0.366 e. The van der Waals surface area contributed by atoms with Gasteiger partial charge in [0, 0.05) is 17.2 Å². The maximum absolute atomic E-state index is 11.5. The normalized spacial score (nSPS) is 12.5. The van der Waals surface area contributed by atoms with Gasteiger partial charge in [-0.05, 0) is 48.7 Å². The Bertz CT molecular complexity index is 907. The number of aromatic nitrogens is 4. The van der Waals surface area contributed by atoms with Crippen LogP contribution in [0.25, 0.3) is 0 Å². The lowest BCUT2D eigenvalue weighted by Crippen LogP contribution is -2.37. The molecule has 1 aromatic heterocycles. The smallest absolute Gasteiger partial charge is 0.248 e. The Kier molecular flexibility index (Phi) is 5.18. The van der Waals surface area contributed by atoms with Crippen LogP contribution in [0.3, 0.4) is 0 Å². The Hall–Kier alpha value is -3.59. The molecule has 0 aliphatic rings. The molecule has 1 atom stereocenters. The van der Waals surface area contributed by atoms with Gasteiger partial charge in [-0.1, -0.05) is 29.5 Å². The average molecular weight is 379 g/mol. The highest BCUT2D eigenvalue weighted by Crippen LogP contribution is 2.41. The van der Waals surface area contributed by atoms with E-state index in [0.717, 1.165) is 11.1 Å². The summed E-state index contributed by atoms with van der Waals surface area (Å²) in [6.45, 7) is 1.88. The first-order valence-corrected chi connectivity index (χ1v) is 8.65. The van der Waals surface area contributed by atoms with Crippen LogP contribution in [0.4, 0.5) is 0 Å². The number of amides is 2. The van der Waals surface area contributed by atoms with E-state index < -0.39 is 17.2 Å². The van der Waals surface area contributed by atoms with Gasteiger partial charge in [0.1, 0.15) is 0 Å². The second-order valence-corrected chi connectivity index (χ2v) is 6.71. The van der Waals surface area contributed by atoms with Crippen LogP contribution in [0.5, 0.6) is 0 Å². The van der Waals surface area contributed by atoms with Crippen molar-refractivity contribution in [2.45, 2.75) is 24.8 Å². The third-order valence-corrected chi connectivity index (χ3v) is 4.68. The molecule has 1 heterocycles. The molecule has 144 valence electrons. The number of aromatic amines is 1. The summed E-state index contributed by atoms with van der Waals surface area (Å²) in [5.41, 5.74) is 18.4. The number of benzene rings is 2. The van der Waals surface area contributed by atoms with Gasteiger partial charge in [-0.2, -0.15) is 5.21 Å². The number of rotatable bonds is 7. The van der Waals surface area contributed by atoms with Crippen molar-refractivity contribution in [3.05, 3.63) is 76.6 Å². The van der Waals surface area contributed by atoms with E-state index in [0.29, 0.717) is 23.4 Å². The van der Waals surface area contributed by atoms with Gasteiger partial charge < -0.3 is 17.2 Å². The van der Waals surface area contributed by atoms with Crippen LogP contribution in [0.2, 0.25) is 0 Å². The highest BCUT2D eigenvalue weighted by molar-refractivity contribution is 5.93. The van der Waals surface area contributed by atoms with Crippen LogP contribution in [-0.4, -0.2) is 38.5 Å². The van der Waals surface area contributed by atoms with E-state index in [-0.39, 0.29) is 6.04 Å². The highest BCUT2D eigenvalue weighted by Gasteiger charge is 2.41. The molecule has 3 aromatic rings. The monoisotopic (exact) mass is 379 g/mol. The average Bonchev–Trinajstić information content (AvgIpc) is 3.21. The van der Waals surface area contributed by atoms with Crippen molar-refractivity contribution < 1.29 is 9.59 Å². The van der Waals surface area contributed by atoms with Gasteiger partial charge in [0.05, 0.1) is 5.41 Å². The van der Waals surface area contributed by atoms with Crippen molar-refractivity contribution in [3.8, 4) is 0 Å². The molecule has 7 N–H and O–H groups in total. The topological polar surface area (TPSA) is 167 Å². The number of tetrazole rings is 1. The molecule has 0 aliphatic heterocycles. The Labute approximate surface area is 161 Å². The summed E-state index contributed by atoms with van der Waals surface area (Å²) in [7, 11) is 0. The van der Waals surface area contributed by atoms with E-state index >= 15 is 0 Å². The molecule has 3 rings (SSSR count). The molecule has 2 amide bonds. The van der Waals surface area contributed by atoms with Gasteiger partial charge in [0.15, 0.2) is 5.82 Å². The van der Waals surface area contributed by atoms with E-state index in [1.807, 2.05) is 6.92 Å². The van der Waals surface area contributed by atoms with Gasteiger partial charge in [0.2, 0.25) is 11.8 Å². The number of hydrogen-bond acceptors (Lipinski definition) is 6. The molecule has 28 heavy (non-hydrogen) atoms. The zero-order chi connectivity index (χ0) is 20.3. The summed E-state index contributed by atoms with van der Waals surface area (Å²) in [5.74, 6) is -0.618. The van der Waals surface area contributed by atoms with Gasteiger partial charge in [-0.3, -0.25) is 9.59 Å². The first-order chi connectivity index (χ1) is 13.3. The van der Waals surface area contributed by atoms with Crippen LogP contribution in [0.15, 0.2) is 48.5 Å². The Morgan fingerprint density at radius 2 is 1.43 bits per heavy atom. The molecule has 0 aliphatic carbocycles. The Morgan fingerprint density at radius 1 is 0.964 bits per heavy atom. The van der Waals surface area contributed by atoms with Crippen LogP contribution in [-0.2, 0) is 5.41 Å². The molecule has 9 heteroatoms. The number of nitrogens with zero attached hydrogens (tertiary/aromatic N) is 3. The number of nitrogens with one attached hydrogen (secondary N) is 1. The van der Waals surface area contributed by atoms with Gasteiger partial charge >= 0.3 is 0 Å². The van der Waals surface area contributed by atoms with Crippen molar-refractivity contribution in [2.75, 3.05) is 0 Å². The number of nitrogens with two attached hydrogens (primary N) is 3. The Balaban J connectivity index is 2.24. The van der Waals surface area contributed by atoms with Crippen LogP contribution < -0.4 is 17.2 Å². The lowest BCUT2D eigenvalue weighted by molar-refractivity contribution is 0.0992. The van der Waals surface area contributed by atoms with E-state index in [9.17, 15) is 9.59 Å². The first-order valence-electron chi connectivity index (χ1n) is 8.65. The third kappa shape index (κ3) is 3.47. The predicted octanol–water partition coefficient (Wildman–Crippen LogP) is 0.469. The van der Waals surface area contributed by atoms with Crippen molar-refractivity contribution in [3.63, 3.8) is 0 Å². The summed E-state index contributed by atoms with van der Waals surface area (Å²) in [6.07, 6.45) is 0.457. The minimum absolute atomic E-state index is 0.217. The molecule has 0 bridgehead atoms. The van der Waals surface area contributed by atoms with E-state index in [1.165, 1.54) is 0 Å². The van der Waals surface area contributed by atoms with Crippen molar-refractivity contribution in [2.24, 2.45) is 17.2 Å². The van der Waals surface area contributed by atoms with Crippen LogP contribution in [0, 0.1) is 0 Å². The molecule has 0 saturated heterocycles. The lowest BCUT2D eigenvalue weighted by Gasteiger charge is -2.33. The number of primary amides is 2. The zero-order valence-corrected chi connectivity index (χ0v) is 15.3. The summed E-state index contributed by atoms with van der Waals surface area (Å²) < 4.78 is 0. The van der Waals surface area contributed by atoms with E-state index in [4.69, 9.17) is 17.2 Å². The van der Waals surface area contributed by atoms with Gasteiger partial charge in [-0.15, -0.1) is 10.2 Å². The van der Waals surface area contributed by atoms with E-state index in [2.05, 4.69) is 20.6 Å². The highest BCUT2D eigenvalue weighted by atomic mass is 16.1. The second-order valence-electron chi connectivity index (χ2n) is 6.71. The SMILES string of the molecule is C[C@H](N)CC(c1ccc(C(N)=O)cc1)(c1ccc(C(N)=O)cc1)c1nn[nH]n1. The van der Waals surface area contributed by atoms with Crippen LogP contribution in [0.1, 0.15) is 51.0 Å². The fourth-order valence-electron chi connectivity index (χ4n) is 3.42. The molecular weight excluding hydrogens is 358 g/mol. The molecule has 2 aromatic carbocycles. The number of hydrogen-bond donors (Lipinski definition) is 4. The maximum atomic E-state index is 11.5. The lowest BCUT2D eigenvalue weighted by atomic mass is 9.69. The van der Waals surface area contributed by atoms with Gasteiger partial charge in [-0.25, -0.2) is 0 Å². The predicted molar refractivity (Wildman–Crippen MR) is 102 cm³/mol. The van der Waals surface area contributed by atoms with Crippen molar-refractivity contribution in [1.82, 2.24) is 20.6 Å². The molecule has 0 saturated carbocycles. The molecule has 0 unspecified atom stereocenters. The minimum Gasteiger partial charge on any atom is -0.366 e. The van der Waals surface area contributed by atoms with Crippen molar-refractivity contribution >= 4 is 11.8 Å². The number of carbonyl (C=O) groups is 2. The molecule has 9 nitrogen and oxygen atoms in total. The number of carbonyl (C=O) groups excluding carboxylic acids is 2. The van der Waals surface area contributed by atoms with Gasteiger partial charge in [0.25, 0.3) is 0 Å². The molecule has 0 radical (unpaired) electrons. The summed E-state index contributed by atoms with van der Waals surface area (Å²) in [5, 5.41) is 14.6. The van der Waals surface area contributed by atoms with Crippen LogP contribution >= 0.6 is 0 Å². The fourth-order valence-corrected chi connectivity index (χ4v) is 3.42. The first kappa shape index (κ1) is 19.2. The molecule has 0 fully saturated rings. The Morgan fingerprint density at radius 3 is 1.75 bits per heavy atom. The zero-order valence-electron chi connectivity index (χ0n) is 15.3. The second kappa shape index (κ2) is 7.57. The van der Waals surface area contributed by atoms with Crippen molar-refractivity contribution in [1.29, 1.82) is 0 Å². The maximum Gasteiger partial charge on any atom is 0.248 e. The quantitative estimate of drug-likeness (QED) is 0.465. The summed E-state index contributed by atoms with van der Waals surface area (Å²) in [4.78, 5) is 22.9. The fraction of sp³-hybridized carbons (Fsp3) is 0.211. The number of H-pyrrole nitrogens is 1. The van der Waals surface area contributed by atoms with E-state index in [1.54, 1.807) is 48.5 Å². The molecular formula is C19H21N7O2. The minimum atomic E-state index is -0.854. The third-order valence-electron chi connectivity index (χ3n) is 4.68. The summed E-state index contributed by atoms with van der Waals surface area (Å²) in [6, 6.07) is 13.5.